The second-order valence-electron chi connectivity index (χ2n) is 8.21. The lowest BCUT2D eigenvalue weighted by molar-refractivity contribution is -0.141. The largest absolute Gasteiger partial charge is 0.453 e. The molecule has 1 amide bonds. The van der Waals surface area contributed by atoms with Gasteiger partial charge in [0.25, 0.3) is 5.91 Å². The fourth-order valence-electron chi connectivity index (χ4n) is 3.32. The Morgan fingerprint density at radius 3 is 2.35 bits per heavy atom. The van der Waals surface area contributed by atoms with Gasteiger partial charge in [-0.1, -0.05) is 0 Å². The highest BCUT2D eigenvalue weighted by Gasteiger charge is 2.39. The average Bonchev–Trinajstić information content (AvgIpc) is 3.27. The molecule has 0 bridgehead atoms. The summed E-state index contributed by atoms with van der Waals surface area (Å²) in [5, 5.41) is 5.94. The van der Waals surface area contributed by atoms with Crippen LogP contribution < -0.4 is 15.4 Å². The molecule has 2 aromatic carbocycles. The Morgan fingerprint density at radius 1 is 1.03 bits per heavy atom. The minimum absolute atomic E-state index is 0.0951. The third-order valence-corrected chi connectivity index (χ3v) is 6.57. The molecule has 0 spiro atoms. The number of carbonyl (C=O) groups is 1. The summed E-state index contributed by atoms with van der Waals surface area (Å²) >= 11 is 0. The predicted octanol–water partition coefficient (Wildman–Crippen LogP) is 5.86. The van der Waals surface area contributed by atoms with E-state index in [1.807, 2.05) is 0 Å². The number of anilines is 1. The summed E-state index contributed by atoms with van der Waals surface area (Å²) in [7, 11) is -2.80. The van der Waals surface area contributed by atoms with Crippen molar-refractivity contribution in [1.82, 2.24) is 14.8 Å². The number of rotatable bonds is 6. The molecule has 0 radical (unpaired) electrons. The fraction of sp³-hybridized carbons (Fsp3) is 0.125. The molecule has 13 heteroatoms. The van der Waals surface area contributed by atoms with Crippen LogP contribution in [0.3, 0.4) is 0 Å². The van der Waals surface area contributed by atoms with E-state index in [1.54, 1.807) is 0 Å². The van der Waals surface area contributed by atoms with E-state index in [-0.39, 0.29) is 22.9 Å². The standard InChI is InChI=1S/C24H18F5N4O3P/c1-37(2,35)21-12-30-10-9-20(21)36-19-8-5-15(11-18(19)26)31-23(34)17-13-33(32-22(17)24(27,28)29)16-6-3-14(25)4-7-16/h3-13H,1-2H3,(H,31,34). The van der Waals surface area contributed by atoms with Crippen LogP contribution in [0.15, 0.2) is 67.1 Å². The van der Waals surface area contributed by atoms with Gasteiger partial charge in [-0.25, -0.2) is 13.5 Å². The molecular weight excluding hydrogens is 518 g/mol. The Bertz CT molecular complexity index is 1510. The van der Waals surface area contributed by atoms with Gasteiger partial charge in [-0.2, -0.15) is 18.3 Å². The molecular formula is C24H18F5N4O3P. The van der Waals surface area contributed by atoms with E-state index in [4.69, 9.17) is 4.74 Å². The van der Waals surface area contributed by atoms with Crippen molar-refractivity contribution in [1.29, 1.82) is 0 Å². The molecule has 0 aliphatic rings. The van der Waals surface area contributed by atoms with Gasteiger partial charge in [0.1, 0.15) is 18.7 Å². The van der Waals surface area contributed by atoms with Crippen molar-refractivity contribution < 1.29 is 36.0 Å². The molecule has 192 valence electrons. The lowest BCUT2D eigenvalue weighted by atomic mass is 10.2. The summed E-state index contributed by atoms with van der Waals surface area (Å²) in [5.41, 5.74) is -2.34. The zero-order chi connectivity index (χ0) is 27.0. The first-order valence-corrected chi connectivity index (χ1v) is 13.1. The van der Waals surface area contributed by atoms with Gasteiger partial charge in [-0.3, -0.25) is 9.78 Å². The average molecular weight is 536 g/mol. The molecule has 0 atom stereocenters. The number of amides is 1. The smallest absolute Gasteiger partial charge is 0.435 e. The third kappa shape index (κ3) is 5.86. The van der Waals surface area contributed by atoms with Crippen LogP contribution in [0.1, 0.15) is 16.1 Å². The number of alkyl halides is 3. The molecule has 2 aromatic heterocycles. The van der Waals surface area contributed by atoms with Crippen molar-refractivity contribution >= 4 is 24.0 Å². The highest BCUT2D eigenvalue weighted by atomic mass is 31.2. The Morgan fingerprint density at radius 2 is 1.73 bits per heavy atom. The number of nitrogens with one attached hydrogen (secondary N) is 1. The van der Waals surface area contributed by atoms with Gasteiger partial charge < -0.3 is 14.6 Å². The van der Waals surface area contributed by atoms with Gasteiger partial charge >= 0.3 is 6.18 Å². The summed E-state index contributed by atoms with van der Waals surface area (Å²) in [4.78, 5) is 16.6. The number of pyridine rings is 1. The van der Waals surface area contributed by atoms with Crippen LogP contribution in [-0.4, -0.2) is 34.0 Å². The van der Waals surface area contributed by atoms with Crippen molar-refractivity contribution in [3.05, 3.63) is 90.0 Å². The van der Waals surface area contributed by atoms with E-state index in [0.717, 1.165) is 35.1 Å². The second kappa shape index (κ2) is 9.78. The SMILES string of the molecule is CP(C)(=O)c1cnccc1Oc1ccc(NC(=O)c2cn(-c3ccc(F)cc3)nc2C(F)(F)F)cc1F. The highest BCUT2D eigenvalue weighted by Crippen LogP contribution is 2.39. The van der Waals surface area contributed by atoms with Gasteiger partial charge in [-0.05, 0) is 55.8 Å². The molecule has 2 heterocycles. The van der Waals surface area contributed by atoms with E-state index >= 15 is 0 Å². The fourth-order valence-corrected chi connectivity index (χ4v) is 4.31. The molecule has 0 fully saturated rings. The first-order valence-electron chi connectivity index (χ1n) is 10.5. The molecule has 4 rings (SSSR count). The number of ether oxygens (including phenoxy) is 1. The van der Waals surface area contributed by atoms with Crippen LogP contribution >= 0.6 is 7.14 Å². The second-order valence-corrected chi connectivity index (χ2v) is 11.4. The quantitative estimate of drug-likeness (QED) is 0.247. The minimum Gasteiger partial charge on any atom is -0.453 e. The Hall–Kier alpha value is -4.05. The van der Waals surface area contributed by atoms with Crippen molar-refractivity contribution in [2.45, 2.75) is 6.18 Å². The number of carbonyl (C=O) groups excluding carboxylic acids is 1. The van der Waals surface area contributed by atoms with E-state index < -0.39 is 42.1 Å². The Labute approximate surface area is 207 Å². The summed E-state index contributed by atoms with van der Waals surface area (Å²) in [6.45, 7) is 3.00. The highest BCUT2D eigenvalue weighted by molar-refractivity contribution is 7.70. The number of hydrogen-bond acceptors (Lipinski definition) is 5. The van der Waals surface area contributed by atoms with Crippen LogP contribution in [0.5, 0.6) is 11.5 Å². The number of halogens is 5. The maximum Gasteiger partial charge on any atom is 0.435 e. The van der Waals surface area contributed by atoms with Gasteiger partial charge in [0.2, 0.25) is 0 Å². The summed E-state index contributed by atoms with van der Waals surface area (Å²) in [5.74, 6) is -2.86. The third-order valence-electron chi connectivity index (χ3n) is 5.07. The summed E-state index contributed by atoms with van der Waals surface area (Å²) < 4.78 is 87.4. The van der Waals surface area contributed by atoms with Crippen LogP contribution in [-0.2, 0) is 10.7 Å². The molecule has 1 N–H and O–H groups in total. The van der Waals surface area contributed by atoms with Crippen molar-refractivity contribution in [3.63, 3.8) is 0 Å². The molecule has 7 nitrogen and oxygen atoms in total. The topological polar surface area (TPSA) is 86.1 Å². The normalized spacial score (nSPS) is 11.9. The van der Waals surface area contributed by atoms with E-state index in [9.17, 15) is 31.3 Å². The Balaban J connectivity index is 1.59. The van der Waals surface area contributed by atoms with E-state index in [0.29, 0.717) is 5.30 Å². The zero-order valence-corrected chi connectivity index (χ0v) is 20.1. The van der Waals surface area contributed by atoms with Crippen LogP contribution in [0.25, 0.3) is 5.69 Å². The first-order chi connectivity index (χ1) is 17.3. The van der Waals surface area contributed by atoms with Crippen molar-refractivity contribution in [3.8, 4) is 17.2 Å². The molecule has 0 saturated carbocycles. The minimum atomic E-state index is -4.97. The molecule has 4 aromatic rings. The van der Waals surface area contributed by atoms with Crippen molar-refractivity contribution in [2.24, 2.45) is 0 Å². The lowest BCUT2D eigenvalue weighted by Gasteiger charge is -2.14. The van der Waals surface area contributed by atoms with Crippen molar-refractivity contribution in [2.75, 3.05) is 18.6 Å². The molecule has 0 unspecified atom stereocenters. The molecule has 0 aliphatic carbocycles. The van der Waals surface area contributed by atoms with Gasteiger partial charge in [0.15, 0.2) is 17.3 Å². The lowest BCUT2D eigenvalue weighted by Crippen LogP contribution is -2.18. The number of benzene rings is 2. The number of aromatic nitrogens is 3. The van der Waals surface area contributed by atoms with Gasteiger partial charge in [-0.15, -0.1) is 0 Å². The van der Waals surface area contributed by atoms with E-state index in [1.165, 1.54) is 50.0 Å². The predicted molar refractivity (Wildman–Crippen MR) is 126 cm³/mol. The monoisotopic (exact) mass is 536 g/mol. The number of hydrogen-bond donors (Lipinski definition) is 1. The van der Waals surface area contributed by atoms with Gasteiger partial charge in [0, 0.05) is 30.3 Å². The number of nitrogens with zero attached hydrogens (tertiary/aromatic N) is 3. The van der Waals surface area contributed by atoms with Crippen LogP contribution in [0, 0.1) is 11.6 Å². The first kappa shape index (κ1) is 26.0. The maximum atomic E-state index is 14.8. The molecule has 0 aliphatic heterocycles. The maximum absolute atomic E-state index is 14.8. The molecule has 37 heavy (non-hydrogen) atoms. The summed E-state index contributed by atoms with van der Waals surface area (Å²) in [6.07, 6.45) is -1.39. The Kier molecular flexibility index (Phi) is 6.88. The van der Waals surface area contributed by atoms with Crippen LogP contribution in [0.2, 0.25) is 0 Å². The van der Waals surface area contributed by atoms with Crippen LogP contribution in [0.4, 0.5) is 27.6 Å². The van der Waals surface area contributed by atoms with E-state index in [2.05, 4.69) is 15.4 Å². The summed E-state index contributed by atoms with van der Waals surface area (Å²) in [6, 6.07) is 9.14. The zero-order valence-electron chi connectivity index (χ0n) is 19.3. The molecule has 0 saturated heterocycles. The van der Waals surface area contributed by atoms with Gasteiger partial charge in [0.05, 0.1) is 16.6 Å².